The Morgan fingerprint density at radius 3 is 2.78 bits per heavy atom. The van der Waals surface area contributed by atoms with Gasteiger partial charge in [0, 0.05) is 18.1 Å². The maximum Gasteiger partial charge on any atom is 0.313 e. The van der Waals surface area contributed by atoms with Crippen LogP contribution in [0.1, 0.15) is 38.4 Å². The van der Waals surface area contributed by atoms with Crippen LogP contribution >= 0.6 is 11.5 Å². The summed E-state index contributed by atoms with van der Waals surface area (Å²) in [6.07, 6.45) is 3.98. The normalized spacial score (nSPS) is 17.7. The highest BCUT2D eigenvalue weighted by atomic mass is 32.1. The minimum absolute atomic E-state index is 0.0729. The van der Waals surface area contributed by atoms with Crippen molar-refractivity contribution in [2.45, 2.75) is 39.5 Å². The van der Waals surface area contributed by atoms with Crippen molar-refractivity contribution in [3.05, 3.63) is 5.82 Å². The van der Waals surface area contributed by atoms with Gasteiger partial charge in [0.05, 0.1) is 12.0 Å². The van der Waals surface area contributed by atoms with Crippen molar-refractivity contribution in [1.29, 1.82) is 0 Å². The van der Waals surface area contributed by atoms with Crippen molar-refractivity contribution in [3.63, 3.8) is 0 Å². The maximum absolute atomic E-state index is 12.1. The summed E-state index contributed by atoms with van der Waals surface area (Å²) in [6.45, 7) is 4.75. The number of nitrogens with one attached hydrogen (secondary N) is 1. The van der Waals surface area contributed by atoms with Gasteiger partial charge < -0.3 is 10.1 Å². The number of carbonyl (C=O) groups is 1. The topological polar surface area (TPSA) is 64.1 Å². The second-order valence-electron chi connectivity index (χ2n) is 4.71. The molecule has 1 aliphatic rings. The predicted molar refractivity (Wildman–Crippen MR) is 70.7 cm³/mol. The standard InChI is InChI=1S/C12H19N3O2S/c1-3-17-10(16)12(6-4-5-7-12)8-13-11-14-9(2)15-18-11/h3-8H2,1-2H3,(H,13,14,15). The molecule has 0 bridgehead atoms. The molecule has 1 aromatic rings. The molecule has 0 radical (unpaired) electrons. The Bertz CT molecular complexity index is 413. The summed E-state index contributed by atoms with van der Waals surface area (Å²) in [6, 6.07) is 0. The Kier molecular flexibility index (Phi) is 4.16. The molecule has 5 nitrogen and oxygen atoms in total. The Labute approximate surface area is 111 Å². The first-order valence-corrected chi connectivity index (χ1v) is 7.15. The Morgan fingerprint density at radius 1 is 1.50 bits per heavy atom. The molecule has 18 heavy (non-hydrogen) atoms. The van der Waals surface area contributed by atoms with Crippen LogP contribution in [0.5, 0.6) is 0 Å². The number of anilines is 1. The number of esters is 1. The van der Waals surface area contributed by atoms with E-state index in [0.717, 1.165) is 36.6 Å². The van der Waals surface area contributed by atoms with E-state index >= 15 is 0 Å². The van der Waals surface area contributed by atoms with Crippen LogP contribution in [-0.2, 0) is 9.53 Å². The van der Waals surface area contributed by atoms with Gasteiger partial charge >= 0.3 is 5.97 Å². The first-order chi connectivity index (χ1) is 8.66. The summed E-state index contributed by atoms with van der Waals surface area (Å²) in [4.78, 5) is 16.4. The van der Waals surface area contributed by atoms with Crippen molar-refractivity contribution >= 4 is 22.6 Å². The third-order valence-corrected chi connectivity index (χ3v) is 4.14. The molecule has 1 N–H and O–H groups in total. The zero-order valence-corrected chi connectivity index (χ0v) is 11.7. The minimum atomic E-state index is -0.365. The fraction of sp³-hybridized carbons (Fsp3) is 0.750. The predicted octanol–water partition coefficient (Wildman–Crippen LogP) is 2.38. The third-order valence-electron chi connectivity index (χ3n) is 3.37. The van der Waals surface area contributed by atoms with E-state index in [9.17, 15) is 4.79 Å². The van der Waals surface area contributed by atoms with Crippen LogP contribution < -0.4 is 5.32 Å². The van der Waals surface area contributed by atoms with Crippen molar-refractivity contribution in [2.24, 2.45) is 5.41 Å². The van der Waals surface area contributed by atoms with Gasteiger partial charge in [0.2, 0.25) is 5.13 Å². The van der Waals surface area contributed by atoms with Gasteiger partial charge in [-0.3, -0.25) is 4.79 Å². The van der Waals surface area contributed by atoms with E-state index in [1.165, 1.54) is 11.5 Å². The number of hydrogen-bond donors (Lipinski definition) is 1. The fourth-order valence-electron chi connectivity index (χ4n) is 2.40. The van der Waals surface area contributed by atoms with Crippen molar-refractivity contribution in [3.8, 4) is 0 Å². The average Bonchev–Trinajstić information content (AvgIpc) is 2.96. The molecule has 100 valence electrons. The van der Waals surface area contributed by atoms with E-state index in [0.29, 0.717) is 13.2 Å². The van der Waals surface area contributed by atoms with E-state index in [1.54, 1.807) is 0 Å². The summed E-state index contributed by atoms with van der Waals surface area (Å²) in [5.74, 6) is 0.690. The number of hydrogen-bond acceptors (Lipinski definition) is 6. The maximum atomic E-state index is 12.1. The van der Waals surface area contributed by atoms with E-state index < -0.39 is 0 Å². The zero-order chi connectivity index (χ0) is 13.0. The van der Waals surface area contributed by atoms with E-state index in [4.69, 9.17) is 4.74 Å². The van der Waals surface area contributed by atoms with Crippen LogP contribution in [0.25, 0.3) is 0 Å². The lowest BCUT2D eigenvalue weighted by Crippen LogP contribution is -2.37. The lowest BCUT2D eigenvalue weighted by molar-refractivity contribution is -0.154. The van der Waals surface area contributed by atoms with Gasteiger partial charge in [-0.25, -0.2) is 4.98 Å². The molecule has 0 unspecified atom stereocenters. The molecule has 0 saturated heterocycles. The second kappa shape index (κ2) is 5.65. The number of rotatable bonds is 5. The van der Waals surface area contributed by atoms with Crippen molar-refractivity contribution in [2.75, 3.05) is 18.5 Å². The van der Waals surface area contributed by atoms with Crippen LogP contribution in [0.2, 0.25) is 0 Å². The average molecular weight is 269 g/mol. The van der Waals surface area contributed by atoms with Crippen molar-refractivity contribution in [1.82, 2.24) is 9.36 Å². The number of aromatic nitrogens is 2. The highest BCUT2D eigenvalue weighted by Crippen LogP contribution is 2.39. The van der Waals surface area contributed by atoms with Gasteiger partial charge in [0.1, 0.15) is 5.82 Å². The number of nitrogens with zero attached hydrogens (tertiary/aromatic N) is 2. The molecular formula is C12H19N3O2S. The van der Waals surface area contributed by atoms with Crippen LogP contribution in [-0.4, -0.2) is 28.5 Å². The molecule has 1 aliphatic carbocycles. The largest absolute Gasteiger partial charge is 0.466 e. The zero-order valence-electron chi connectivity index (χ0n) is 10.9. The highest BCUT2D eigenvalue weighted by Gasteiger charge is 2.42. The molecule has 0 spiro atoms. The molecule has 0 aliphatic heterocycles. The summed E-state index contributed by atoms with van der Waals surface area (Å²) >= 11 is 1.33. The molecule has 1 aromatic heterocycles. The smallest absolute Gasteiger partial charge is 0.313 e. The molecule has 0 amide bonds. The molecule has 6 heteroatoms. The molecule has 1 heterocycles. The molecule has 2 rings (SSSR count). The SMILES string of the molecule is CCOC(=O)C1(CNc2nc(C)ns2)CCCC1. The van der Waals surface area contributed by atoms with Gasteiger partial charge in [0.15, 0.2) is 0 Å². The van der Waals surface area contributed by atoms with Gasteiger partial charge in [-0.2, -0.15) is 4.37 Å². The second-order valence-corrected chi connectivity index (χ2v) is 5.46. The van der Waals surface area contributed by atoms with Crippen LogP contribution in [0, 0.1) is 12.3 Å². The van der Waals surface area contributed by atoms with Crippen molar-refractivity contribution < 1.29 is 9.53 Å². The van der Waals surface area contributed by atoms with Crippen LogP contribution in [0.15, 0.2) is 0 Å². The van der Waals surface area contributed by atoms with Gasteiger partial charge in [-0.1, -0.05) is 12.8 Å². The molecule has 0 atom stereocenters. The lowest BCUT2D eigenvalue weighted by atomic mass is 9.86. The molecule has 1 saturated carbocycles. The molecule has 1 fully saturated rings. The summed E-state index contributed by atoms with van der Waals surface area (Å²) in [5.41, 5.74) is -0.365. The Hall–Kier alpha value is -1.17. The summed E-state index contributed by atoms with van der Waals surface area (Å²) in [7, 11) is 0. The monoisotopic (exact) mass is 269 g/mol. The van der Waals surface area contributed by atoms with Gasteiger partial charge in [-0.15, -0.1) is 0 Å². The summed E-state index contributed by atoms with van der Waals surface area (Å²) < 4.78 is 9.33. The van der Waals surface area contributed by atoms with Crippen LogP contribution in [0.3, 0.4) is 0 Å². The fourth-order valence-corrected chi connectivity index (χ4v) is 2.97. The lowest BCUT2D eigenvalue weighted by Gasteiger charge is -2.26. The number of ether oxygens (including phenoxy) is 1. The Balaban J connectivity index is 2.00. The third kappa shape index (κ3) is 2.80. The Morgan fingerprint density at radius 2 is 2.22 bits per heavy atom. The molecule has 0 aromatic carbocycles. The van der Waals surface area contributed by atoms with Crippen LogP contribution in [0.4, 0.5) is 5.13 Å². The number of carbonyl (C=O) groups excluding carboxylic acids is 1. The minimum Gasteiger partial charge on any atom is -0.466 e. The van der Waals surface area contributed by atoms with Gasteiger partial charge in [-0.05, 0) is 26.7 Å². The first kappa shape index (κ1) is 13.3. The number of aryl methyl sites for hydroxylation is 1. The van der Waals surface area contributed by atoms with E-state index in [1.807, 2.05) is 13.8 Å². The van der Waals surface area contributed by atoms with E-state index in [2.05, 4.69) is 14.7 Å². The van der Waals surface area contributed by atoms with E-state index in [-0.39, 0.29) is 11.4 Å². The summed E-state index contributed by atoms with van der Waals surface area (Å²) in [5, 5.41) is 4.01. The first-order valence-electron chi connectivity index (χ1n) is 6.38. The molecular weight excluding hydrogens is 250 g/mol. The quantitative estimate of drug-likeness (QED) is 0.831. The highest BCUT2D eigenvalue weighted by molar-refractivity contribution is 7.09. The van der Waals surface area contributed by atoms with Gasteiger partial charge in [0.25, 0.3) is 0 Å².